The van der Waals surface area contributed by atoms with Crippen LogP contribution in [-0.2, 0) is 16.6 Å². The lowest BCUT2D eigenvalue weighted by Crippen LogP contribution is -2.14. The van der Waals surface area contributed by atoms with Crippen molar-refractivity contribution >= 4 is 27.3 Å². The molecule has 0 heterocycles. The monoisotopic (exact) mass is 333 g/mol. The van der Waals surface area contributed by atoms with Crippen molar-refractivity contribution in [3.8, 4) is 0 Å². The zero-order chi connectivity index (χ0) is 15.6. The Morgan fingerprint density at radius 3 is 2.48 bits per heavy atom. The topological polar surface area (TPSA) is 66.4 Å². The van der Waals surface area contributed by atoms with Crippen molar-refractivity contribution < 1.29 is 22.3 Å². The van der Waals surface area contributed by atoms with E-state index in [0.717, 1.165) is 30.3 Å². The number of anilines is 1. The highest BCUT2D eigenvalue weighted by atomic mass is 35.5. The van der Waals surface area contributed by atoms with E-state index in [1.807, 2.05) is 0 Å². The molecule has 0 radical (unpaired) electrons. The molecule has 2 aromatic carbocycles. The molecule has 0 atom stereocenters. The van der Waals surface area contributed by atoms with Crippen LogP contribution in [0, 0.1) is 11.6 Å². The van der Waals surface area contributed by atoms with Crippen LogP contribution in [0.2, 0.25) is 5.02 Å². The summed E-state index contributed by atoms with van der Waals surface area (Å²) in [5, 5.41) is 8.85. The summed E-state index contributed by atoms with van der Waals surface area (Å²) in [6.45, 7) is -0.632. The van der Waals surface area contributed by atoms with Crippen molar-refractivity contribution in [3.05, 3.63) is 58.6 Å². The third kappa shape index (κ3) is 3.49. The third-order valence-electron chi connectivity index (χ3n) is 2.67. The molecule has 0 unspecified atom stereocenters. The van der Waals surface area contributed by atoms with Gasteiger partial charge in [-0.15, -0.1) is 0 Å². The number of halogens is 3. The number of nitrogens with one attached hydrogen (secondary N) is 1. The lowest BCUT2D eigenvalue weighted by Gasteiger charge is -2.10. The molecule has 0 amide bonds. The van der Waals surface area contributed by atoms with Gasteiger partial charge in [-0.2, -0.15) is 0 Å². The Hall–Kier alpha value is -1.70. The molecule has 2 aromatic rings. The van der Waals surface area contributed by atoms with Crippen LogP contribution in [0.1, 0.15) is 5.56 Å². The first-order valence-electron chi connectivity index (χ1n) is 5.70. The van der Waals surface area contributed by atoms with E-state index < -0.39 is 28.3 Å². The minimum absolute atomic E-state index is 0.00654. The quantitative estimate of drug-likeness (QED) is 0.904. The van der Waals surface area contributed by atoms with Crippen LogP contribution >= 0.6 is 11.6 Å². The van der Waals surface area contributed by atoms with E-state index in [-0.39, 0.29) is 21.2 Å². The first kappa shape index (κ1) is 15.7. The zero-order valence-electron chi connectivity index (χ0n) is 10.5. The standard InChI is InChI=1S/C13H10ClF2NO3S/c14-11-6-9(15)1-4-13(11)17-21(19,20)10-2-3-12(16)8(5-10)7-18/h1-6,17-18H,7H2. The SMILES string of the molecule is O=S(=O)(Nc1ccc(F)cc1Cl)c1ccc(F)c(CO)c1. The van der Waals surface area contributed by atoms with E-state index in [2.05, 4.69) is 4.72 Å². The first-order valence-corrected chi connectivity index (χ1v) is 7.57. The van der Waals surface area contributed by atoms with Crippen molar-refractivity contribution in [1.82, 2.24) is 0 Å². The van der Waals surface area contributed by atoms with Gasteiger partial charge in [-0.05, 0) is 36.4 Å². The van der Waals surface area contributed by atoms with Crippen LogP contribution in [-0.4, -0.2) is 13.5 Å². The van der Waals surface area contributed by atoms with E-state index in [9.17, 15) is 17.2 Å². The summed E-state index contributed by atoms with van der Waals surface area (Å²) in [6, 6.07) is 6.18. The van der Waals surface area contributed by atoms with Gasteiger partial charge in [0.2, 0.25) is 0 Å². The van der Waals surface area contributed by atoms with Gasteiger partial charge >= 0.3 is 0 Å². The summed E-state index contributed by atoms with van der Waals surface area (Å²) in [7, 11) is -4.03. The second-order valence-corrected chi connectivity index (χ2v) is 6.23. The molecule has 0 bridgehead atoms. The zero-order valence-corrected chi connectivity index (χ0v) is 12.0. The summed E-state index contributed by atoms with van der Waals surface area (Å²) >= 11 is 5.74. The molecule has 0 saturated carbocycles. The van der Waals surface area contributed by atoms with Crippen LogP contribution in [0.3, 0.4) is 0 Å². The fraction of sp³-hybridized carbons (Fsp3) is 0.0769. The molecule has 2 rings (SSSR count). The van der Waals surface area contributed by atoms with Crippen molar-refractivity contribution in [1.29, 1.82) is 0 Å². The maximum absolute atomic E-state index is 13.3. The average molecular weight is 334 g/mol. The largest absolute Gasteiger partial charge is 0.392 e. The molecular formula is C13H10ClF2NO3S. The summed E-state index contributed by atoms with van der Waals surface area (Å²) in [4.78, 5) is -0.242. The summed E-state index contributed by atoms with van der Waals surface area (Å²) in [6.07, 6.45) is 0. The Kier molecular flexibility index (Phi) is 4.46. The number of sulfonamides is 1. The molecule has 0 aliphatic heterocycles. The molecule has 2 N–H and O–H groups in total. The Morgan fingerprint density at radius 1 is 1.14 bits per heavy atom. The van der Waals surface area contributed by atoms with Crippen molar-refractivity contribution in [2.45, 2.75) is 11.5 Å². The Bertz CT molecular complexity index is 781. The molecule has 8 heteroatoms. The highest BCUT2D eigenvalue weighted by molar-refractivity contribution is 7.92. The van der Waals surface area contributed by atoms with Gasteiger partial charge in [-0.25, -0.2) is 17.2 Å². The van der Waals surface area contributed by atoms with E-state index in [1.165, 1.54) is 6.07 Å². The second-order valence-electron chi connectivity index (χ2n) is 4.14. The summed E-state index contributed by atoms with van der Waals surface area (Å²) in [5.41, 5.74) is -0.156. The van der Waals surface area contributed by atoms with E-state index in [1.54, 1.807) is 0 Å². The molecule has 0 fully saturated rings. The number of aliphatic hydroxyl groups is 1. The molecule has 112 valence electrons. The van der Waals surface area contributed by atoms with Gasteiger partial charge in [0.1, 0.15) is 11.6 Å². The number of rotatable bonds is 4. The van der Waals surface area contributed by atoms with E-state index in [0.29, 0.717) is 0 Å². The predicted octanol–water partition coefficient (Wildman–Crippen LogP) is 2.91. The second kappa shape index (κ2) is 5.97. The summed E-state index contributed by atoms with van der Waals surface area (Å²) < 4.78 is 52.6. The van der Waals surface area contributed by atoms with Crippen LogP contribution in [0.15, 0.2) is 41.3 Å². The van der Waals surface area contributed by atoms with Crippen LogP contribution in [0.25, 0.3) is 0 Å². The van der Waals surface area contributed by atoms with Gasteiger partial charge in [-0.1, -0.05) is 11.6 Å². The highest BCUT2D eigenvalue weighted by Gasteiger charge is 2.17. The van der Waals surface area contributed by atoms with Gasteiger partial charge in [-0.3, -0.25) is 4.72 Å². The fourth-order valence-electron chi connectivity index (χ4n) is 1.62. The predicted molar refractivity (Wildman–Crippen MR) is 74.5 cm³/mol. The minimum atomic E-state index is -4.03. The highest BCUT2D eigenvalue weighted by Crippen LogP contribution is 2.26. The van der Waals surface area contributed by atoms with Crippen molar-refractivity contribution in [3.63, 3.8) is 0 Å². The van der Waals surface area contributed by atoms with Gasteiger partial charge in [0, 0.05) is 5.56 Å². The van der Waals surface area contributed by atoms with Gasteiger partial charge in [0.15, 0.2) is 0 Å². The molecule has 4 nitrogen and oxygen atoms in total. The normalized spacial score (nSPS) is 11.4. The van der Waals surface area contributed by atoms with Crippen LogP contribution < -0.4 is 4.72 Å². The first-order chi connectivity index (χ1) is 9.83. The minimum Gasteiger partial charge on any atom is -0.392 e. The smallest absolute Gasteiger partial charge is 0.261 e. The fourth-order valence-corrected chi connectivity index (χ4v) is 3.02. The molecule has 0 aliphatic carbocycles. The molecule has 0 aromatic heterocycles. The van der Waals surface area contributed by atoms with Crippen LogP contribution in [0.5, 0.6) is 0 Å². The molecule has 0 aliphatic rings. The summed E-state index contributed by atoms with van der Waals surface area (Å²) in [5.74, 6) is -1.32. The Morgan fingerprint density at radius 2 is 1.86 bits per heavy atom. The molecule has 0 spiro atoms. The van der Waals surface area contributed by atoms with Gasteiger partial charge in [0.05, 0.1) is 22.2 Å². The lowest BCUT2D eigenvalue weighted by atomic mass is 10.2. The van der Waals surface area contributed by atoms with Crippen molar-refractivity contribution in [2.24, 2.45) is 0 Å². The maximum atomic E-state index is 13.3. The van der Waals surface area contributed by atoms with E-state index >= 15 is 0 Å². The maximum Gasteiger partial charge on any atom is 0.261 e. The number of aliphatic hydroxyl groups excluding tert-OH is 1. The third-order valence-corrected chi connectivity index (χ3v) is 4.35. The molecule has 0 saturated heterocycles. The number of hydrogen-bond donors (Lipinski definition) is 2. The van der Waals surface area contributed by atoms with E-state index in [4.69, 9.17) is 16.7 Å². The number of benzene rings is 2. The van der Waals surface area contributed by atoms with Crippen molar-refractivity contribution in [2.75, 3.05) is 4.72 Å². The average Bonchev–Trinajstić information content (AvgIpc) is 2.42. The van der Waals surface area contributed by atoms with Crippen LogP contribution in [0.4, 0.5) is 14.5 Å². The Labute approximate surface area is 125 Å². The Balaban J connectivity index is 2.38. The lowest BCUT2D eigenvalue weighted by molar-refractivity contribution is 0.275. The number of hydrogen-bond acceptors (Lipinski definition) is 3. The molecular weight excluding hydrogens is 324 g/mol. The molecule has 21 heavy (non-hydrogen) atoms. The van der Waals surface area contributed by atoms with Gasteiger partial charge < -0.3 is 5.11 Å². The van der Waals surface area contributed by atoms with Gasteiger partial charge in [0.25, 0.3) is 10.0 Å².